The van der Waals surface area contributed by atoms with Crippen LogP contribution in [-0.2, 0) is 0 Å². The van der Waals surface area contributed by atoms with E-state index in [2.05, 4.69) is 0 Å². The number of hydrogen-bond donors (Lipinski definition) is 1. The Bertz CT molecular complexity index is 107. The molecule has 11 heavy (non-hydrogen) atoms. The third-order valence-corrected chi connectivity index (χ3v) is 2.24. The summed E-state index contributed by atoms with van der Waals surface area (Å²) in [5, 5.41) is 9.55. The minimum absolute atomic E-state index is 0.479. The molecule has 65 valence electrons. The van der Waals surface area contributed by atoms with E-state index in [1.807, 2.05) is 13.8 Å². The van der Waals surface area contributed by atoms with Crippen LogP contribution in [-0.4, -0.2) is 10.7 Å². The van der Waals surface area contributed by atoms with Crippen molar-refractivity contribution in [1.82, 2.24) is 0 Å². The minimum Gasteiger partial charge on any atom is -0.390 e. The van der Waals surface area contributed by atoms with Crippen molar-refractivity contribution in [2.45, 2.75) is 58.0 Å². The van der Waals surface area contributed by atoms with Crippen LogP contribution >= 0.6 is 0 Å². The van der Waals surface area contributed by atoms with Crippen LogP contribution in [0.1, 0.15) is 52.4 Å². The van der Waals surface area contributed by atoms with Gasteiger partial charge in [-0.15, -0.1) is 0 Å². The van der Waals surface area contributed by atoms with Gasteiger partial charge in [0.2, 0.25) is 0 Å². The second-order valence-electron chi connectivity index (χ2n) is 4.30. The second kappa shape index (κ2) is 3.57. The molecule has 1 N–H and O–H groups in total. The summed E-state index contributed by atoms with van der Waals surface area (Å²) in [5.74, 6) is 1.57. The molecule has 0 aromatic heterocycles. The number of aliphatic hydroxyl groups is 1. The molecule has 1 fully saturated rings. The predicted molar refractivity (Wildman–Crippen MR) is 47.2 cm³/mol. The Hall–Kier alpha value is -0.0400. The van der Waals surface area contributed by atoms with E-state index in [9.17, 15) is 5.11 Å². The van der Waals surface area contributed by atoms with Crippen LogP contribution in [0.15, 0.2) is 0 Å². The molecule has 0 aromatic rings. The molecule has 1 nitrogen and oxygen atoms in total. The van der Waals surface area contributed by atoms with Gasteiger partial charge in [-0.05, 0) is 39.0 Å². The number of rotatable bonds is 2. The maximum atomic E-state index is 9.55. The molecule has 1 aliphatic carbocycles. The van der Waals surface area contributed by atoms with Gasteiger partial charge in [0, 0.05) is 0 Å². The van der Waals surface area contributed by atoms with E-state index < -0.39 is 5.60 Å². The lowest BCUT2D eigenvalue weighted by atomic mass is 9.82. The highest BCUT2D eigenvalue weighted by molar-refractivity contribution is 4.96. The Morgan fingerprint density at radius 3 is 2.18 bits per heavy atom. The molecule has 1 saturated carbocycles. The van der Waals surface area contributed by atoms with Crippen LogP contribution in [0.2, 0.25) is 0 Å². The van der Waals surface area contributed by atoms with Gasteiger partial charge in [0.15, 0.2) is 0 Å². The molecule has 1 heteroatoms. The van der Waals surface area contributed by atoms with Gasteiger partial charge >= 0.3 is 0 Å². The molecule has 0 unspecified atom stereocenters. The van der Waals surface area contributed by atoms with E-state index in [4.69, 9.17) is 0 Å². The Morgan fingerprint density at radius 1 is 1.18 bits per heavy atom. The van der Waals surface area contributed by atoms with Gasteiger partial charge in [-0.1, -0.05) is 19.3 Å². The Morgan fingerprint density at radius 2 is 1.73 bits per heavy atom. The fraction of sp³-hybridized carbons (Fsp3) is 0.900. The number of hydrogen-bond acceptors (Lipinski definition) is 1. The lowest BCUT2D eigenvalue weighted by Gasteiger charge is -2.27. The van der Waals surface area contributed by atoms with Crippen LogP contribution in [0.25, 0.3) is 0 Å². The summed E-state index contributed by atoms with van der Waals surface area (Å²) in [6.07, 6.45) is 7.48. The second-order valence-corrected chi connectivity index (χ2v) is 4.30. The topological polar surface area (TPSA) is 20.2 Å². The van der Waals surface area contributed by atoms with E-state index in [1.54, 1.807) is 5.92 Å². The molecule has 0 saturated heterocycles. The third-order valence-electron chi connectivity index (χ3n) is 2.24. The normalized spacial score (nSPS) is 22.1. The summed E-state index contributed by atoms with van der Waals surface area (Å²) >= 11 is 0. The first-order valence-electron chi connectivity index (χ1n) is 4.64. The summed E-state index contributed by atoms with van der Waals surface area (Å²) < 4.78 is 0. The van der Waals surface area contributed by atoms with Crippen LogP contribution in [0.4, 0.5) is 0 Å². The molecular formula is C10H19O. The smallest absolute Gasteiger partial charge is 0.0597 e. The highest BCUT2D eigenvalue weighted by Crippen LogP contribution is 2.31. The van der Waals surface area contributed by atoms with Crippen molar-refractivity contribution in [3.05, 3.63) is 5.92 Å². The summed E-state index contributed by atoms with van der Waals surface area (Å²) in [6.45, 7) is 3.79. The van der Waals surface area contributed by atoms with Crippen molar-refractivity contribution in [1.29, 1.82) is 0 Å². The molecule has 0 atom stereocenters. The SMILES string of the molecule is CC(C)(O)C[C]1CCCCC1. The Labute approximate surface area is 69.8 Å². The first-order chi connectivity index (χ1) is 5.08. The standard InChI is InChI=1S/C10H19O/c1-10(2,11)8-9-6-4-3-5-7-9/h11H,3-8H2,1-2H3. The zero-order chi connectivity index (χ0) is 8.32. The molecule has 1 aliphatic rings. The maximum Gasteiger partial charge on any atom is 0.0597 e. The van der Waals surface area contributed by atoms with E-state index >= 15 is 0 Å². The van der Waals surface area contributed by atoms with Crippen molar-refractivity contribution in [2.24, 2.45) is 0 Å². The van der Waals surface area contributed by atoms with Gasteiger partial charge in [-0.3, -0.25) is 0 Å². The zero-order valence-corrected chi connectivity index (χ0v) is 7.69. The Kier molecular flexibility index (Phi) is 2.94. The van der Waals surface area contributed by atoms with Crippen molar-refractivity contribution >= 4 is 0 Å². The molecule has 0 aromatic carbocycles. The largest absolute Gasteiger partial charge is 0.390 e. The van der Waals surface area contributed by atoms with E-state index in [0.29, 0.717) is 0 Å². The summed E-state index contributed by atoms with van der Waals surface area (Å²) in [7, 11) is 0. The van der Waals surface area contributed by atoms with Crippen molar-refractivity contribution in [3.63, 3.8) is 0 Å². The van der Waals surface area contributed by atoms with Crippen molar-refractivity contribution in [2.75, 3.05) is 0 Å². The van der Waals surface area contributed by atoms with Gasteiger partial charge in [0.1, 0.15) is 0 Å². The van der Waals surface area contributed by atoms with Gasteiger partial charge < -0.3 is 5.11 Å². The lowest BCUT2D eigenvalue weighted by Crippen LogP contribution is -2.23. The highest BCUT2D eigenvalue weighted by Gasteiger charge is 2.22. The highest BCUT2D eigenvalue weighted by atomic mass is 16.3. The van der Waals surface area contributed by atoms with Crippen LogP contribution < -0.4 is 0 Å². The molecule has 1 radical (unpaired) electrons. The van der Waals surface area contributed by atoms with Crippen LogP contribution in [0, 0.1) is 5.92 Å². The monoisotopic (exact) mass is 155 g/mol. The predicted octanol–water partition coefficient (Wildman–Crippen LogP) is 2.69. The van der Waals surface area contributed by atoms with Gasteiger partial charge in [-0.2, -0.15) is 0 Å². The first kappa shape index (κ1) is 9.05. The van der Waals surface area contributed by atoms with Gasteiger partial charge in [0.25, 0.3) is 0 Å². The molecule has 1 rings (SSSR count). The average molecular weight is 155 g/mol. The van der Waals surface area contributed by atoms with Crippen LogP contribution in [0.5, 0.6) is 0 Å². The maximum absolute atomic E-state index is 9.55. The average Bonchev–Trinajstić information content (AvgIpc) is 1.85. The molecule has 0 amide bonds. The summed E-state index contributed by atoms with van der Waals surface area (Å²) in [5.41, 5.74) is -0.479. The van der Waals surface area contributed by atoms with Gasteiger partial charge in [-0.25, -0.2) is 0 Å². The molecular weight excluding hydrogens is 136 g/mol. The van der Waals surface area contributed by atoms with E-state index in [-0.39, 0.29) is 0 Å². The molecule has 0 bridgehead atoms. The fourth-order valence-electron chi connectivity index (χ4n) is 1.84. The summed E-state index contributed by atoms with van der Waals surface area (Å²) in [6, 6.07) is 0. The summed E-state index contributed by atoms with van der Waals surface area (Å²) in [4.78, 5) is 0. The minimum atomic E-state index is -0.479. The van der Waals surface area contributed by atoms with E-state index in [1.165, 1.54) is 32.1 Å². The van der Waals surface area contributed by atoms with Crippen molar-refractivity contribution in [3.8, 4) is 0 Å². The fourth-order valence-corrected chi connectivity index (χ4v) is 1.84. The van der Waals surface area contributed by atoms with E-state index in [0.717, 1.165) is 6.42 Å². The lowest BCUT2D eigenvalue weighted by molar-refractivity contribution is 0.0712. The first-order valence-corrected chi connectivity index (χ1v) is 4.64. The Balaban J connectivity index is 2.24. The van der Waals surface area contributed by atoms with Crippen molar-refractivity contribution < 1.29 is 5.11 Å². The molecule has 0 aliphatic heterocycles. The molecule has 0 spiro atoms. The third kappa shape index (κ3) is 3.76. The van der Waals surface area contributed by atoms with Crippen LogP contribution in [0.3, 0.4) is 0 Å². The molecule has 0 heterocycles. The zero-order valence-electron chi connectivity index (χ0n) is 7.69. The van der Waals surface area contributed by atoms with Gasteiger partial charge in [0.05, 0.1) is 5.60 Å². The quantitative estimate of drug-likeness (QED) is 0.650.